The van der Waals surface area contributed by atoms with E-state index < -0.39 is 5.72 Å². The molecule has 2 aromatic rings. The second-order valence-electron chi connectivity index (χ2n) is 7.93. The van der Waals surface area contributed by atoms with Crippen LogP contribution < -0.4 is 15.0 Å². The van der Waals surface area contributed by atoms with Crippen molar-refractivity contribution in [1.82, 2.24) is 5.32 Å². The van der Waals surface area contributed by atoms with Crippen LogP contribution in [0.2, 0.25) is 0 Å². The number of non-ortho nitro benzene ring substituents is 1. The normalized spacial score (nSPS) is 25.8. The molecular formula is C21H23N3O3S. The lowest BCUT2D eigenvalue weighted by atomic mass is 9.80. The van der Waals surface area contributed by atoms with Crippen LogP contribution in [0.5, 0.6) is 5.75 Å². The molecule has 2 aliphatic rings. The maximum atomic E-state index is 11.2. The molecule has 4 rings (SSSR count). The molecule has 146 valence electrons. The second kappa shape index (κ2) is 6.44. The van der Waals surface area contributed by atoms with Crippen LogP contribution in [0.1, 0.15) is 50.8 Å². The van der Waals surface area contributed by atoms with Gasteiger partial charge in [-0.05, 0) is 48.8 Å². The Morgan fingerprint density at radius 2 is 1.93 bits per heavy atom. The van der Waals surface area contributed by atoms with Gasteiger partial charge in [0.2, 0.25) is 0 Å². The van der Waals surface area contributed by atoms with Crippen LogP contribution in [-0.4, -0.2) is 15.8 Å². The molecule has 28 heavy (non-hydrogen) atoms. The van der Waals surface area contributed by atoms with Gasteiger partial charge in [-0.2, -0.15) is 0 Å². The molecular weight excluding hydrogens is 374 g/mol. The Balaban J connectivity index is 1.78. The summed E-state index contributed by atoms with van der Waals surface area (Å²) in [6, 6.07) is 13.0. The topological polar surface area (TPSA) is 67.6 Å². The average Bonchev–Trinajstić information content (AvgIpc) is 2.64. The van der Waals surface area contributed by atoms with Crippen molar-refractivity contribution >= 4 is 28.7 Å². The van der Waals surface area contributed by atoms with Crippen LogP contribution in [0.3, 0.4) is 0 Å². The number of anilines is 1. The number of thiocarbonyl (C=S) groups is 1. The van der Waals surface area contributed by atoms with Crippen molar-refractivity contribution in [3.8, 4) is 5.75 Å². The first-order valence-electron chi connectivity index (χ1n) is 9.40. The van der Waals surface area contributed by atoms with Gasteiger partial charge in [-0.15, -0.1) is 0 Å². The number of benzene rings is 2. The van der Waals surface area contributed by atoms with Crippen LogP contribution in [0.25, 0.3) is 0 Å². The summed E-state index contributed by atoms with van der Waals surface area (Å²) in [5.41, 5.74) is 2.35. The molecule has 1 saturated heterocycles. The van der Waals surface area contributed by atoms with E-state index in [9.17, 15) is 10.1 Å². The van der Waals surface area contributed by atoms with Crippen LogP contribution in [0.15, 0.2) is 42.5 Å². The summed E-state index contributed by atoms with van der Waals surface area (Å²) < 4.78 is 6.43. The van der Waals surface area contributed by atoms with Crippen molar-refractivity contribution in [2.75, 3.05) is 4.90 Å². The lowest BCUT2D eigenvalue weighted by molar-refractivity contribution is -0.385. The third kappa shape index (κ3) is 2.73. The predicted octanol–water partition coefficient (Wildman–Crippen LogP) is 4.90. The van der Waals surface area contributed by atoms with Gasteiger partial charge in [0.1, 0.15) is 5.75 Å². The molecule has 6 nitrogen and oxygen atoms in total. The first-order chi connectivity index (χ1) is 13.2. The van der Waals surface area contributed by atoms with Crippen LogP contribution in [0.4, 0.5) is 11.4 Å². The van der Waals surface area contributed by atoms with Gasteiger partial charge in [0.15, 0.2) is 10.8 Å². The first kappa shape index (κ1) is 18.7. The second-order valence-corrected chi connectivity index (χ2v) is 8.32. The SMILES string of the molecule is CC(C)c1ccc(N2C(=S)N[C@@H]3c4cc([N+](=O)[O-])ccc4O[C@]2(C)[C@H]3C)cc1. The van der Waals surface area contributed by atoms with E-state index >= 15 is 0 Å². The maximum Gasteiger partial charge on any atom is 0.270 e. The van der Waals surface area contributed by atoms with Crippen molar-refractivity contribution in [3.63, 3.8) is 0 Å². The third-order valence-corrected chi connectivity index (χ3v) is 6.25. The van der Waals surface area contributed by atoms with E-state index in [1.807, 2.05) is 11.8 Å². The minimum Gasteiger partial charge on any atom is -0.467 e. The lowest BCUT2D eigenvalue weighted by Crippen LogP contribution is -2.69. The fraction of sp³-hybridized carbons (Fsp3) is 0.381. The number of rotatable bonds is 3. The van der Waals surface area contributed by atoms with E-state index in [4.69, 9.17) is 17.0 Å². The molecule has 2 bridgehead atoms. The van der Waals surface area contributed by atoms with Gasteiger partial charge in [0.25, 0.3) is 5.69 Å². The van der Waals surface area contributed by atoms with Gasteiger partial charge in [0.05, 0.1) is 11.0 Å². The van der Waals surface area contributed by atoms with Crippen LogP contribution in [0, 0.1) is 16.0 Å². The minimum atomic E-state index is -0.699. The molecule has 0 spiro atoms. The highest BCUT2D eigenvalue weighted by Crippen LogP contribution is 2.49. The molecule has 2 heterocycles. The summed E-state index contributed by atoms with van der Waals surface area (Å²) in [5, 5.41) is 15.1. The molecule has 2 aliphatic heterocycles. The smallest absolute Gasteiger partial charge is 0.270 e. The van der Waals surface area contributed by atoms with Gasteiger partial charge in [-0.3, -0.25) is 15.0 Å². The average molecular weight is 398 g/mol. The molecule has 1 fully saturated rings. The number of nitrogens with one attached hydrogen (secondary N) is 1. The number of fused-ring (bicyclic) bond motifs is 4. The quantitative estimate of drug-likeness (QED) is 0.451. The number of hydrogen-bond donors (Lipinski definition) is 1. The number of ether oxygens (including phenoxy) is 1. The summed E-state index contributed by atoms with van der Waals surface area (Å²) in [6.45, 7) is 8.43. The van der Waals surface area contributed by atoms with E-state index in [2.05, 4.69) is 50.4 Å². The highest BCUT2D eigenvalue weighted by Gasteiger charge is 2.54. The zero-order valence-corrected chi connectivity index (χ0v) is 17.1. The molecule has 2 aromatic carbocycles. The molecule has 3 atom stereocenters. The van der Waals surface area contributed by atoms with Crippen molar-refractivity contribution in [2.24, 2.45) is 5.92 Å². The zero-order chi connectivity index (χ0) is 20.2. The fourth-order valence-electron chi connectivity index (χ4n) is 4.11. The largest absolute Gasteiger partial charge is 0.467 e. The van der Waals surface area contributed by atoms with Gasteiger partial charge in [-0.25, -0.2) is 0 Å². The highest BCUT2D eigenvalue weighted by atomic mass is 32.1. The molecule has 0 radical (unpaired) electrons. The predicted molar refractivity (Wildman–Crippen MR) is 113 cm³/mol. The first-order valence-corrected chi connectivity index (χ1v) is 9.81. The van der Waals surface area contributed by atoms with E-state index in [1.54, 1.807) is 12.1 Å². The minimum absolute atomic E-state index is 0.0125. The Bertz CT molecular complexity index is 960. The monoisotopic (exact) mass is 397 g/mol. The maximum absolute atomic E-state index is 11.2. The molecule has 1 N–H and O–H groups in total. The van der Waals surface area contributed by atoms with Gasteiger partial charge >= 0.3 is 0 Å². The zero-order valence-electron chi connectivity index (χ0n) is 16.3. The van der Waals surface area contributed by atoms with Gasteiger partial charge in [-0.1, -0.05) is 32.9 Å². The summed E-state index contributed by atoms with van der Waals surface area (Å²) >= 11 is 5.69. The Morgan fingerprint density at radius 3 is 2.54 bits per heavy atom. The molecule has 0 aromatic heterocycles. The van der Waals surface area contributed by atoms with Crippen LogP contribution >= 0.6 is 12.2 Å². The molecule has 0 amide bonds. The van der Waals surface area contributed by atoms with Gasteiger partial charge in [0, 0.05) is 29.3 Å². The summed E-state index contributed by atoms with van der Waals surface area (Å²) in [7, 11) is 0. The number of hydrogen-bond acceptors (Lipinski definition) is 4. The number of nitro benzene ring substituents is 1. The summed E-state index contributed by atoms with van der Waals surface area (Å²) in [5.74, 6) is 1.11. The third-order valence-electron chi connectivity index (χ3n) is 5.94. The Hall–Kier alpha value is -2.67. The lowest BCUT2D eigenvalue weighted by Gasteiger charge is -2.56. The van der Waals surface area contributed by atoms with E-state index in [1.165, 1.54) is 11.6 Å². The van der Waals surface area contributed by atoms with Gasteiger partial charge < -0.3 is 10.1 Å². The molecule has 0 aliphatic carbocycles. The Labute approximate surface area is 169 Å². The number of nitro groups is 1. The van der Waals surface area contributed by atoms with Crippen LogP contribution in [-0.2, 0) is 0 Å². The van der Waals surface area contributed by atoms with Crippen molar-refractivity contribution in [3.05, 3.63) is 63.7 Å². The van der Waals surface area contributed by atoms with Crippen molar-refractivity contribution in [1.29, 1.82) is 0 Å². The van der Waals surface area contributed by atoms with E-state index in [0.717, 1.165) is 11.3 Å². The molecule has 0 unspecified atom stereocenters. The highest BCUT2D eigenvalue weighted by molar-refractivity contribution is 7.80. The van der Waals surface area contributed by atoms with E-state index in [-0.39, 0.29) is 22.6 Å². The standard InChI is InChI=1S/C21H23N3O3S/c1-12(2)14-5-7-15(8-6-14)23-20(28)22-19-13(3)21(23,4)27-18-10-9-16(24(25)26)11-17(18)19/h5-13,19H,1-4H3,(H,22,28)/t13-,19-,21+/m0/s1. The fourth-order valence-corrected chi connectivity index (χ4v) is 4.53. The Kier molecular flexibility index (Phi) is 4.30. The Morgan fingerprint density at radius 1 is 1.25 bits per heavy atom. The van der Waals surface area contributed by atoms with Crippen molar-refractivity contribution < 1.29 is 9.66 Å². The van der Waals surface area contributed by atoms with Crippen molar-refractivity contribution in [2.45, 2.75) is 45.4 Å². The summed E-state index contributed by atoms with van der Waals surface area (Å²) in [6.07, 6.45) is 0. The number of nitrogens with zero attached hydrogens (tertiary/aromatic N) is 2. The summed E-state index contributed by atoms with van der Waals surface area (Å²) in [4.78, 5) is 12.8. The molecule has 7 heteroatoms. The molecule has 0 saturated carbocycles. The van der Waals surface area contributed by atoms with E-state index in [0.29, 0.717) is 16.8 Å².